The number of carbonyl (C=O) groups is 1. The SMILES string of the molecule is COc1ccc(C2=Nc3ccccc3SC(C(=O)O)C2)cc1. The molecule has 22 heavy (non-hydrogen) atoms. The van der Waals surface area contributed by atoms with Crippen LogP contribution < -0.4 is 4.74 Å². The van der Waals surface area contributed by atoms with E-state index in [1.54, 1.807) is 7.11 Å². The number of methoxy groups -OCH3 is 1. The zero-order valence-electron chi connectivity index (χ0n) is 12.0. The van der Waals surface area contributed by atoms with Gasteiger partial charge in [-0.25, -0.2) is 0 Å². The Kier molecular flexibility index (Phi) is 4.15. The molecule has 4 nitrogen and oxygen atoms in total. The van der Waals surface area contributed by atoms with Crippen molar-refractivity contribution in [2.24, 2.45) is 4.99 Å². The monoisotopic (exact) mass is 313 g/mol. The molecular formula is C17H15NO3S. The van der Waals surface area contributed by atoms with Gasteiger partial charge in [-0.15, -0.1) is 11.8 Å². The van der Waals surface area contributed by atoms with E-state index in [1.165, 1.54) is 11.8 Å². The fourth-order valence-electron chi connectivity index (χ4n) is 2.31. The van der Waals surface area contributed by atoms with Gasteiger partial charge in [-0.3, -0.25) is 9.79 Å². The number of aliphatic imine (C=N–C) groups is 1. The number of fused-ring (bicyclic) bond motifs is 1. The summed E-state index contributed by atoms with van der Waals surface area (Å²) >= 11 is 1.35. The standard InChI is InChI=1S/C17H15NO3S/c1-21-12-8-6-11(7-9-12)14-10-16(17(19)20)22-15-5-3-2-4-13(15)18-14/h2-9,16H,10H2,1H3,(H,19,20). The molecule has 1 aliphatic rings. The molecule has 3 rings (SSSR count). The van der Waals surface area contributed by atoms with Crippen LogP contribution >= 0.6 is 11.8 Å². The van der Waals surface area contributed by atoms with E-state index in [0.717, 1.165) is 27.6 Å². The maximum absolute atomic E-state index is 11.5. The van der Waals surface area contributed by atoms with E-state index in [9.17, 15) is 9.90 Å². The van der Waals surface area contributed by atoms with Gasteiger partial charge in [0.05, 0.1) is 18.5 Å². The maximum atomic E-state index is 11.5. The second-order valence-corrected chi connectivity index (χ2v) is 6.15. The minimum atomic E-state index is -0.817. The van der Waals surface area contributed by atoms with Crippen molar-refractivity contribution < 1.29 is 14.6 Å². The highest BCUT2D eigenvalue weighted by Gasteiger charge is 2.26. The molecule has 1 unspecified atom stereocenters. The van der Waals surface area contributed by atoms with Crippen molar-refractivity contribution >= 4 is 29.1 Å². The zero-order chi connectivity index (χ0) is 15.5. The lowest BCUT2D eigenvalue weighted by Crippen LogP contribution is -2.20. The number of ether oxygens (including phenoxy) is 1. The lowest BCUT2D eigenvalue weighted by molar-refractivity contribution is -0.136. The van der Waals surface area contributed by atoms with Gasteiger partial charge in [0.1, 0.15) is 11.0 Å². The molecule has 2 aromatic carbocycles. The Labute approximate surface area is 132 Å². The lowest BCUT2D eigenvalue weighted by atomic mass is 10.0. The van der Waals surface area contributed by atoms with E-state index >= 15 is 0 Å². The number of benzene rings is 2. The van der Waals surface area contributed by atoms with Crippen molar-refractivity contribution in [2.45, 2.75) is 16.6 Å². The largest absolute Gasteiger partial charge is 0.497 e. The first-order valence-corrected chi connectivity index (χ1v) is 7.76. The van der Waals surface area contributed by atoms with E-state index in [-0.39, 0.29) is 0 Å². The minimum Gasteiger partial charge on any atom is -0.497 e. The van der Waals surface area contributed by atoms with Crippen molar-refractivity contribution in [1.29, 1.82) is 0 Å². The number of carboxylic acids is 1. The second-order valence-electron chi connectivity index (χ2n) is 4.90. The van der Waals surface area contributed by atoms with Gasteiger partial charge in [0, 0.05) is 11.3 Å². The Hall–Kier alpha value is -2.27. The van der Waals surface area contributed by atoms with Crippen LogP contribution in [0.25, 0.3) is 0 Å². The summed E-state index contributed by atoms with van der Waals surface area (Å²) in [6.45, 7) is 0. The predicted octanol–water partition coefficient (Wildman–Crippen LogP) is 3.77. The Bertz CT molecular complexity index is 725. The highest BCUT2D eigenvalue weighted by Crippen LogP contribution is 2.38. The summed E-state index contributed by atoms with van der Waals surface area (Å²) in [5.74, 6) is -0.0505. The van der Waals surface area contributed by atoms with Crippen LogP contribution in [-0.4, -0.2) is 29.1 Å². The number of rotatable bonds is 3. The molecule has 0 aliphatic carbocycles. The van der Waals surface area contributed by atoms with E-state index < -0.39 is 11.2 Å². The van der Waals surface area contributed by atoms with E-state index in [2.05, 4.69) is 4.99 Å². The van der Waals surface area contributed by atoms with Crippen molar-refractivity contribution in [2.75, 3.05) is 7.11 Å². The van der Waals surface area contributed by atoms with Crippen LogP contribution in [0.2, 0.25) is 0 Å². The number of thioether (sulfide) groups is 1. The summed E-state index contributed by atoms with van der Waals surface area (Å²) in [5.41, 5.74) is 2.53. The molecule has 0 fully saturated rings. The molecule has 0 aromatic heterocycles. The van der Waals surface area contributed by atoms with Crippen LogP contribution in [0.4, 0.5) is 5.69 Å². The Morgan fingerprint density at radius 1 is 1.23 bits per heavy atom. The fraction of sp³-hybridized carbons (Fsp3) is 0.176. The summed E-state index contributed by atoms with van der Waals surface area (Å²) in [4.78, 5) is 17.1. The molecule has 0 amide bonds. The van der Waals surface area contributed by atoms with Gasteiger partial charge in [-0.1, -0.05) is 12.1 Å². The molecule has 0 spiro atoms. The van der Waals surface area contributed by atoms with E-state index in [0.29, 0.717) is 6.42 Å². The average Bonchev–Trinajstić information content (AvgIpc) is 2.74. The van der Waals surface area contributed by atoms with Gasteiger partial charge in [0.25, 0.3) is 0 Å². The molecule has 0 bridgehead atoms. The molecule has 1 heterocycles. The van der Waals surface area contributed by atoms with Gasteiger partial charge in [-0.05, 0) is 42.0 Å². The fourth-order valence-corrected chi connectivity index (χ4v) is 3.35. The third-order valence-corrected chi connectivity index (χ3v) is 4.72. The molecule has 0 saturated carbocycles. The van der Waals surface area contributed by atoms with Gasteiger partial charge >= 0.3 is 5.97 Å². The quantitative estimate of drug-likeness (QED) is 0.937. The molecular weight excluding hydrogens is 298 g/mol. The van der Waals surface area contributed by atoms with Crippen molar-refractivity contribution in [3.63, 3.8) is 0 Å². The van der Waals surface area contributed by atoms with Crippen molar-refractivity contribution in [1.82, 2.24) is 0 Å². The van der Waals surface area contributed by atoms with E-state index in [4.69, 9.17) is 4.74 Å². The third-order valence-electron chi connectivity index (χ3n) is 3.47. The topological polar surface area (TPSA) is 58.9 Å². The Morgan fingerprint density at radius 3 is 2.64 bits per heavy atom. The second kappa shape index (κ2) is 6.23. The van der Waals surface area contributed by atoms with Gasteiger partial charge in [-0.2, -0.15) is 0 Å². The minimum absolute atomic E-state index is 0.390. The molecule has 0 radical (unpaired) electrons. The highest BCUT2D eigenvalue weighted by atomic mass is 32.2. The number of aliphatic carboxylic acids is 1. The van der Waals surface area contributed by atoms with Crippen LogP contribution in [0.15, 0.2) is 58.4 Å². The summed E-state index contributed by atoms with van der Waals surface area (Å²) in [5, 5.41) is 8.90. The van der Waals surface area contributed by atoms with Crippen LogP contribution in [-0.2, 0) is 4.79 Å². The Balaban J connectivity index is 2.04. The van der Waals surface area contributed by atoms with Crippen molar-refractivity contribution in [3.8, 4) is 5.75 Å². The molecule has 2 aromatic rings. The number of carboxylic acid groups (broad SMARTS) is 1. The summed E-state index contributed by atoms with van der Waals surface area (Å²) < 4.78 is 5.16. The van der Waals surface area contributed by atoms with Gasteiger partial charge in [0.15, 0.2) is 0 Å². The summed E-state index contributed by atoms with van der Waals surface area (Å²) in [6, 6.07) is 15.2. The zero-order valence-corrected chi connectivity index (χ0v) is 12.8. The normalized spacial score (nSPS) is 17.1. The van der Waals surface area contributed by atoms with Crippen LogP contribution in [0.1, 0.15) is 12.0 Å². The molecule has 1 N–H and O–H groups in total. The van der Waals surface area contributed by atoms with Gasteiger partial charge in [0.2, 0.25) is 0 Å². The molecule has 0 saturated heterocycles. The predicted molar refractivity (Wildman–Crippen MR) is 87.5 cm³/mol. The van der Waals surface area contributed by atoms with Crippen LogP contribution in [0.3, 0.4) is 0 Å². The third kappa shape index (κ3) is 2.99. The van der Waals surface area contributed by atoms with Crippen LogP contribution in [0.5, 0.6) is 5.75 Å². The first kappa shape index (κ1) is 14.7. The lowest BCUT2D eigenvalue weighted by Gasteiger charge is -2.10. The average molecular weight is 313 g/mol. The molecule has 5 heteroatoms. The maximum Gasteiger partial charge on any atom is 0.317 e. The van der Waals surface area contributed by atoms with Crippen LogP contribution in [0, 0.1) is 0 Å². The number of hydrogen-bond acceptors (Lipinski definition) is 4. The number of nitrogens with zero attached hydrogens (tertiary/aromatic N) is 1. The first-order valence-electron chi connectivity index (χ1n) is 6.88. The molecule has 1 aliphatic heterocycles. The highest BCUT2D eigenvalue weighted by molar-refractivity contribution is 8.00. The summed E-state index contributed by atoms with van der Waals surface area (Å²) in [6.07, 6.45) is 0.390. The summed E-state index contributed by atoms with van der Waals surface area (Å²) in [7, 11) is 1.62. The number of para-hydroxylation sites is 1. The Morgan fingerprint density at radius 2 is 1.95 bits per heavy atom. The molecule has 112 valence electrons. The number of hydrogen-bond donors (Lipinski definition) is 1. The van der Waals surface area contributed by atoms with Gasteiger partial charge < -0.3 is 9.84 Å². The van der Waals surface area contributed by atoms with E-state index in [1.807, 2.05) is 48.5 Å². The smallest absolute Gasteiger partial charge is 0.317 e. The first-order chi connectivity index (χ1) is 10.7. The molecule has 1 atom stereocenters. The van der Waals surface area contributed by atoms with Crippen molar-refractivity contribution in [3.05, 3.63) is 54.1 Å².